The van der Waals surface area contributed by atoms with Gasteiger partial charge in [0.15, 0.2) is 5.75 Å². The summed E-state index contributed by atoms with van der Waals surface area (Å²) in [6.45, 7) is 19.2. The van der Waals surface area contributed by atoms with Gasteiger partial charge in [0.1, 0.15) is 40.4 Å². The number of Topliss-reactive ketones (excluding diaryl/α,β-unsaturated/α-hetero) is 1. The molecule has 3 aromatic carbocycles. The number of rotatable bonds is 6. The van der Waals surface area contributed by atoms with Crippen molar-refractivity contribution in [3.8, 4) is 17.2 Å². The summed E-state index contributed by atoms with van der Waals surface area (Å²) < 4.78 is 24.8. The average molecular weight is 1060 g/mol. The topological polar surface area (TPSA) is 229 Å². The first-order valence-corrected chi connectivity index (χ1v) is 27.4. The largest absolute Gasteiger partial charge is 0.507 e. The van der Waals surface area contributed by atoms with Gasteiger partial charge in [-0.05, 0) is 68.1 Å². The molecule has 10 rings (SSSR count). The third kappa shape index (κ3) is 10.5. The molecule has 2 fully saturated rings. The molecule has 6 heterocycles. The fourth-order valence-electron chi connectivity index (χ4n) is 12.8. The van der Waals surface area contributed by atoms with Crippen LogP contribution < -0.4 is 20.8 Å². The normalized spacial score (nSPS) is 30.7. The SMILES string of the molecule is CO[C@H]1/C=C/OC2(C)Oc3c(C)c(O)c4c(O)c(c5c(c4c3C2=O)NC2(CCN(CC(C)C)CC2)N=5)=NC(=O)/C(C)=C\C=C\[C@H](C)[C@H](O)[C@@H](C)C(O)[C@@H](C)C(OC(=O)CC(=O)N2CCC3(CC2)Cc2ccccc2C3)[C@@H]1C. The van der Waals surface area contributed by atoms with Crippen LogP contribution in [-0.4, -0.2) is 129 Å². The quantitative estimate of drug-likeness (QED) is 0.101. The first kappa shape index (κ1) is 55.6. The number of hydrogen-bond acceptors (Lipinski definition) is 15. The van der Waals surface area contributed by atoms with Gasteiger partial charge in [0.05, 0.1) is 41.2 Å². The molecule has 0 saturated carbocycles. The van der Waals surface area contributed by atoms with Crippen LogP contribution in [0.3, 0.4) is 0 Å². The molecular weight excluding hydrogens is 983 g/mol. The van der Waals surface area contributed by atoms with Gasteiger partial charge in [-0.1, -0.05) is 84.0 Å². The molecule has 5 bridgehead atoms. The van der Waals surface area contributed by atoms with Crippen molar-refractivity contribution in [1.29, 1.82) is 0 Å². The zero-order valence-electron chi connectivity index (χ0n) is 46.2. The summed E-state index contributed by atoms with van der Waals surface area (Å²) >= 11 is 0. The van der Waals surface area contributed by atoms with Crippen molar-refractivity contribution >= 4 is 40.0 Å². The van der Waals surface area contributed by atoms with Crippen LogP contribution >= 0.6 is 0 Å². The predicted octanol–water partition coefficient (Wildman–Crippen LogP) is 6.53. The number of likely N-dealkylation sites (tertiary alicyclic amines) is 2. The highest BCUT2D eigenvalue weighted by molar-refractivity contribution is 6.21. The van der Waals surface area contributed by atoms with E-state index in [9.17, 15) is 34.8 Å². The lowest BCUT2D eigenvalue weighted by atomic mass is 9.76. The number of aliphatic hydroxyl groups excluding tert-OH is 2. The Morgan fingerprint density at radius 1 is 0.870 bits per heavy atom. The van der Waals surface area contributed by atoms with E-state index >= 15 is 4.79 Å². The minimum atomic E-state index is -2.01. The summed E-state index contributed by atoms with van der Waals surface area (Å²) in [7, 11) is 1.46. The number of benzene rings is 3. The minimum Gasteiger partial charge on any atom is -0.507 e. The third-order valence-electron chi connectivity index (χ3n) is 17.6. The predicted molar refractivity (Wildman–Crippen MR) is 289 cm³/mol. The summed E-state index contributed by atoms with van der Waals surface area (Å²) in [5, 5.41) is 51.6. The Morgan fingerprint density at radius 2 is 1.53 bits per heavy atom. The number of amides is 2. The first-order chi connectivity index (χ1) is 36.5. The average Bonchev–Trinajstić information content (AvgIpc) is 4.23. The number of methoxy groups -OCH3 is 1. The van der Waals surface area contributed by atoms with Crippen molar-refractivity contribution in [3.63, 3.8) is 0 Å². The van der Waals surface area contributed by atoms with Crippen LogP contribution in [0.25, 0.3) is 10.8 Å². The number of nitrogens with one attached hydrogen (secondary N) is 1. The van der Waals surface area contributed by atoms with E-state index in [0.717, 1.165) is 32.2 Å². The Bertz CT molecular complexity index is 3030. The number of nitrogens with zero attached hydrogens (tertiary/aromatic N) is 4. The number of ketones is 1. The van der Waals surface area contributed by atoms with Crippen molar-refractivity contribution in [3.05, 3.63) is 93.4 Å². The van der Waals surface area contributed by atoms with Crippen LogP contribution in [0.15, 0.2) is 70.4 Å². The highest BCUT2D eigenvalue weighted by Gasteiger charge is 2.51. The van der Waals surface area contributed by atoms with E-state index < -0.39 is 89.4 Å². The van der Waals surface area contributed by atoms with Gasteiger partial charge in [-0.15, -0.1) is 0 Å². The van der Waals surface area contributed by atoms with E-state index in [-0.39, 0.29) is 61.0 Å². The molecule has 414 valence electrons. The number of carbonyl (C=O) groups is 4. The second-order valence-electron chi connectivity index (χ2n) is 23.5. The molecule has 3 aromatic rings. The smallest absolute Gasteiger partial charge is 0.315 e. The number of aliphatic hydroxyl groups is 2. The Morgan fingerprint density at radius 3 is 2.17 bits per heavy atom. The first-order valence-electron chi connectivity index (χ1n) is 27.4. The number of fused-ring (bicyclic) bond motifs is 14. The highest BCUT2D eigenvalue weighted by Crippen LogP contribution is 2.52. The fourth-order valence-corrected chi connectivity index (χ4v) is 12.8. The zero-order chi connectivity index (χ0) is 55.5. The van der Waals surface area contributed by atoms with Gasteiger partial charge in [-0.3, -0.25) is 24.2 Å². The number of anilines is 1. The van der Waals surface area contributed by atoms with Gasteiger partial charge in [-0.2, -0.15) is 0 Å². The molecule has 77 heavy (non-hydrogen) atoms. The van der Waals surface area contributed by atoms with Crippen LogP contribution in [0.2, 0.25) is 0 Å². The van der Waals surface area contributed by atoms with Crippen LogP contribution in [0.1, 0.15) is 115 Å². The maximum Gasteiger partial charge on any atom is 0.315 e. The summed E-state index contributed by atoms with van der Waals surface area (Å²) in [5.74, 6) is -7.76. The molecule has 0 aromatic heterocycles. The van der Waals surface area contributed by atoms with Crippen molar-refractivity contribution in [2.75, 3.05) is 45.2 Å². The van der Waals surface area contributed by atoms with Gasteiger partial charge < -0.3 is 54.5 Å². The van der Waals surface area contributed by atoms with Gasteiger partial charge in [0.2, 0.25) is 5.91 Å². The maximum atomic E-state index is 15.0. The summed E-state index contributed by atoms with van der Waals surface area (Å²) in [5.41, 5.74) is 2.59. The zero-order valence-corrected chi connectivity index (χ0v) is 46.2. The fraction of sp³-hybridized carbons (Fsp3) is 0.567. The number of allylic oxidation sites excluding steroid dienone is 2. The number of ether oxygens (including phenoxy) is 4. The van der Waals surface area contributed by atoms with Crippen LogP contribution in [0.5, 0.6) is 17.2 Å². The lowest BCUT2D eigenvalue weighted by Crippen LogP contribution is -2.47. The van der Waals surface area contributed by atoms with Crippen molar-refractivity contribution in [2.45, 2.75) is 143 Å². The number of carbonyl (C=O) groups excluding carboxylic acids is 4. The monoisotopic (exact) mass is 1060 g/mol. The summed E-state index contributed by atoms with van der Waals surface area (Å²) in [6.07, 6.45) is 7.58. The molecule has 9 atom stereocenters. The van der Waals surface area contributed by atoms with Crippen LogP contribution in [-0.2, 0) is 41.4 Å². The molecular formula is C60H77N5O12. The Balaban J connectivity index is 1.05. The van der Waals surface area contributed by atoms with Crippen molar-refractivity contribution in [2.24, 2.45) is 45.0 Å². The molecule has 2 amide bonds. The van der Waals surface area contributed by atoms with E-state index in [2.05, 4.69) is 53.3 Å². The molecule has 0 radical (unpaired) electrons. The van der Waals surface area contributed by atoms with Crippen LogP contribution in [0, 0.1) is 41.9 Å². The standard InChI is InChI=1S/C60H77N5O12/c1-32(2)31-64-23-21-60(22-24-64)62-47-44-45-52(70)38(8)55-46(44)56(72)58(9,77-55)75-27-18-41(74-10)35(5)54(76-43(67)28-42(66)65-25-19-59(20-26-65)29-39-16-11-12-17-40(39)30-59)37(7)51(69)36(6)50(68)33(3)14-13-15-34(4)57(73)61-49(53(45)71)48(47)63-60/h11-18,27,32-33,35-37,41,50-51,54,62,68-71H,19-26,28-31H2,1-10H3/b14-13+,27-18+,34-15-,61-49?/t33-,35+,36+,37+,41-,50-,51?,54?,58?/m0/s1. The molecule has 2 spiro atoms. The molecule has 17 heteroatoms. The maximum absolute atomic E-state index is 15.0. The van der Waals surface area contributed by atoms with E-state index in [1.54, 1.807) is 58.6 Å². The molecule has 3 unspecified atom stereocenters. The Labute approximate surface area is 450 Å². The minimum absolute atomic E-state index is 0.0304. The van der Waals surface area contributed by atoms with Crippen LogP contribution in [0.4, 0.5) is 5.69 Å². The van der Waals surface area contributed by atoms with E-state index in [1.165, 1.54) is 43.6 Å². The van der Waals surface area contributed by atoms with E-state index in [1.807, 2.05) is 0 Å². The second-order valence-corrected chi connectivity index (χ2v) is 23.5. The molecule has 2 saturated heterocycles. The van der Waals surface area contributed by atoms with Gasteiger partial charge in [0, 0.05) is 99.8 Å². The molecule has 7 aliphatic rings. The van der Waals surface area contributed by atoms with Gasteiger partial charge >= 0.3 is 11.8 Å². The number of phenolic OH excluding ortho intramolecular Hbond substituents is 2. The van der Waals surface area contributed by atoms with Gasteiger partial charge in [-0.25, -0.2) is 4.99 Å². The van der Waals surface area contributed by atoms with E-state index in [0.29, 0.717) is 50.6 Å². The van der Waals surface area contributed by atoms with Crippen molar-refractivity contribution < 1.29 is 58.6 Å². The lowest BCUT2D eigenvalue weighted by Gasteiger charge is -2.40. The van der Waals surface area contributed by atoms with Crippen molar-refractivity contribution in [1.82, 2.24) is 9.80 Å². The lowest BCUT2D eigenvalue weighted by molar-refractivity contribution is -0.165. The van der Waals surface area contributed by atoms with E-state index in [4.69, 9.17) is 23.9 Å². The molecule has 5 N–H and O–H groups in total. The second kappa shape index (κ2) is 21.6. The number of esters is 1. The molecule has 17 nitrogen and oxygen atoms in total. The summed E-state index contributed by atoms with van der Waals surface area (Å²) in [4.78, 5) is 70.6. The van der Waals surface area contributed by atoms with Gasteiger partial charge in [0.25, 0.3) is 11.7 Å². The molecule has 1 aliphatic carbocycles. The number of aromatic hydroxyl groups is 2. The third-order valence-corrected chi connectivity index (χ3v) is 17.6. The molecule has 6 aliphatic heterocycles. The number of hydrogen-bond donors (Lipinski definition) is 5. The number of phenols is 2. The Kier molecular flexibility index (Phi) is 15.6. The highest BCUT2D eigenvalue weighted by atomic mass is 16.7. The Hall–Kier alpha value is -6.14. The number of piperidine rings is 2. The summed E-state index contributed by atoms with van der Waals surface area (Å²) in [6, 6.07) is 8.48.